The fraction of sp³-hybridized carbons (Fsp3) is 1.00. The Morgan fingerprint density at radius 2 is 1.33 bits per heavy atom. The molecule has 0 radical (unpaired) electrons. The van der Waals surface area contributed by atoms with Crippen molar-refractivity contribution in [1.82, 2.24) is 0 Å². The largest absolute Gasteiger partial charge is 0.355 e. The van der Waals surface area contributed by atoms with Crippen LogP contribution in [0.1, 0.15) is 20.8 Å². The van der Waals surface area contributed by atoms with E-state index in [2.05, 4.69) is 40.4 Å². The minimum absolute atomic E-state index is 1.05. The molecule has 0 aromatic carbocycles. The zero-order valence-electron chi connectivity index (χ0n) is 10.8. The van der Waals surface area contributed by atoms with Crippen LogP contribution in [0, 0.1) is 0 Å². The lowest BCUT2D eigenvalue weighted by Crippen LogP contribution is -2.35. The van der Waals surface area contributed by atoms with Gasteiger partial charge in [-0.3, -0.25) is 0 Å². The van der Waals surface area contributed by atoms with Crippen LogP contribution in [0.5, 0.6) is 0 Å². The molecule has 0 saturated carbocycles. The van der Waals surface area contributed by atoms with E-state index in [9.17, 15) is 4.89 Å². The molecule has 92 valence electrons. The second-order valence-corrected chi connectivity index (χ2v) is 15.4. The van der Waals surface area contributed by atoms with Gasteiger partial charge in [0.25, 0.3) is 0 Å². The molecule has 0 bridgehead atoms. The highest BCUT2D eigenvalue weighted by atomic mass is 31.2. The molecule has 1 N–H and O–H groups in total. The Morgan fingerprint density at radius 1 is 0.933 bits per heavy atom. The van der Waals surface area contributed by atoms with E-state index >= 15 is 0 Å². The van der Waals surface area contributed by atoms with Crippen LogP contribution in [-0.4, -0.2) is 21.5 Å². The van der Waals surface area contributed by atoms with Crippen LogP contribution in [0.2, 0.25) is 37.8 Å². The van der Waals surface area contributed by atoms with Gasteiger partial charge in [0, 0.05) is 0 Å². The van der Waals surface area contributed by atoms with E-state index in [0.717, 1.165) is 18.1 Å². The van der Waals surface area contributed by atoms with Crippen molar-refractivity contribution in [3.8, 4) is 0 Å². The van der Waals surface area contributed by atoms with Gasteiger partial charge in [0.05, 0.1) is 0 Å². The predicted octanol–water partition coefficient (Wildman–Crippen LogP) is 4.08. The molecular weight excluding hydrogens is 243 g/mol. The van der Waals surface area contributed by atoms with E-state index in [0.29, 0.717) is 0 Å². The third kappa shape index (κ3) is 6.14. The van der Waals surface area contributed by atoms with Crippen molar-refractivity contribution >= 4 is 25.2 Å². The first-order valence-electron chi connectivity index (χ1n) is 5.66. The highest BCUT2D eigenvalue weighted by Crippen LogP contribution is 2.43. The van der Waals surface area contributed by atoms with Crippen molar-refractivity contribution in [2.45, 2.75) is 58.5 Å². The molecule has 1 unspecified atom stereocenters. The summed E-state index contributed by atoms with van der Waals surface area (Å²) in [6.45, 7) is 12.6. The molecule has 0 aliphatic heterocycles. The van der Waals surface area contributed by atoms with Crippen LogP contribution < -0.4 is 0 Å². The molecule has 0 aliphatic carbocycles. The fourth-order valence-corrected chi connectivity index (χ4v) is 8.10. The van der Waals surface area contributed by atoms with E-state index < -0.39 is 25.2 Å². The lowest BCUT2D eigenvalue weighted by molar-refractivity contribution is 0.372. The van der Waals surface area contributed by atoms with Crippen molar-refractivity contribution in [1.29, 1.82) is 0 Å². The van der Waals surface area contributed by atoms with Crippen LogP contribution in [0.3, 0.4) is 0 Å². The molecule has 6 heteroatoms. The Hall–Kier alpha value is 0.744. The quantitative estimate of drug-likeness (QED) is 0.558. The van der Waals surface area contributed by atoms with Gasteiger partial charge in [-0.05, 0) is 37.8 Å². The lowest BCUT2D eigenvalue weighted by atomic mass is 10.9. The maximum Gasteiger partial charge on any atom is 0.308 e. The predicted molar refractivity (Wildman–Crippen MR) is 71.9 cm³/mol. The SMILES string of the molecule is CC[Si](CC)(CC)OP(O)O[Si](C)(C)C. The summed E-state index contributed by atoms with van der Waals surface area (Å²) in [5.74, 6) is 0. The molecule has 0 heterocycles. The van der Waals surface area contributed by atoms with Crippen LogP contribution >= 0.6 is 8.60 Å². The molecule has 0 spiro atoms. The summed E-state index contributed by atoms with van der Waals surface area (Å²) in [6.07, 6.45) is 0. The zero-order chi connectivity index (χ0) is 12.1. The van der Waals surface area contributed by atoms with E-state index in [1.807, 2.05) is 0 Å². The second-order valence-electron chi connectivity index (χ2n) is 4.78. The lowest BCUT2D eigenvalue weighted by Gasteiger charge is -2.31. The molecular formula is C9H25O3PSi2. The maximum atomic E-state index is 9.80. The van der Waals surface area contributed by atoms with Gasteiger partial charge in [-0.2, -0.15) is 0 Å². The normalized spacial score (nSPS) is 15.4. The van der Waals surface area contributed by atoms with E-state index in [1.165, 1.54) is 0 Å². The average molecular weight is 268 g/mol. The topological polar surface area (TPSA) is 38.7 Å². The minimum Gasteiger partial charge on any atom is -0.355 e. The monoisotopic (exact) mass is 268 g/mol. The summed E-state index contributed by atoms with van der Waals surface area (Å²) in [7, 11) is -5.04. The Kier molecular flexibility index (Phi) is 6.79. The molecule has 0 rings (SSSR count). The van der Waals surface area contributed by atoms with Crippen molar-refractivity contribution in [3.63, 3.8) is 0 Å². The third-order valence-electron chi connectivity index (χ3n) is 2.56. The minimum atomic E-state index is -1.70. The van der Waals surface area contributed by atoms with Crippen molar-refractivity contribution in [2.24, 2.45) is 0 Å². The summed E-state index contributed by atoms with van der Waals surface area (Å²) in [5, 5.41) is 0. The van der Waals surface area contributed by atoms with Crippen molar-refractivity contribution in [2.75, 3.05) is 0 Å². The van der Waals surface area contributed by atoms with Gasteiger partial charge in [0.15, 0.2) is 8.32 Å². The van der Waals surface area contributed by atoms with E-state index in [4.69, 9.17) is 8.43 Å². The molecule has 0 fully saturated rings. The highest BCUT2D eigenvalue weighted by Gasteiger charge is 2.34. The standard InChI is InChI=1S/C9H25O3PSi2/c1-7-15(8-2,9-3)12-13(10)11-14(4,5)6/h10H,7-9H2,1-6H3. The van der Waals surface area contributed by atoms with Gasteiger partial charge < -0.3 is 13.3 Å². The highest BCUT2D eigenvalue weighted by molar-refractivity contribution is 7.44. The van der Waals surface area contributed by atoms with Gasteiger partial charge in [-0.15, -0.1) is 0 Å². The van der Waals surface area contributed by atoms with Crippen molar-refractivity contribution in [3.05, 3.63) is 0 Å². The molecule has 0 aromatic heterocycles. The first-order chi connectivity index (χ1) is 6.78. The average Bonchev–Trinajstić information content (AvgIpc) is 2.11. The Balaban J connectivity index is 4.29. The zero-order valence-corrected chi connectivity index (χ0v) is 13.7. The number of hydrogen-bond acceptors (Lipinski definition) is 3. The van der Waals surface area contributed by atoms with Gasteiger partial charge in [0.1, 0.15) is 0 Å². The first kappa shape index (κ1) is 15.7. The van der Waals surface area contributed by atoms with Gasteiger partial charge in [-0.25, -0.2) is 0 Å². The smallest absolute Gasteiger partial charge is 0.308 e. The van der Waals surface area contributed by atoms with Crippen LogP contribution in [0.15, 0.2) is 0 Å². The number of hydrogen-bond donors (Lipinski definition) is 1. The van der Waals surface area contributed by atoms with Crippen LogP contribution in [0.25, 0.3) is 0 Å². The second kappa shape index (κ2) is 6.47. The number of rotatable bonds is 7. The summed E-state index contributed by atoms with van der Waals surface area (Å²) in [4.78, 5) is 9.80. The fourth-order valence-electron chi connectivity index (χ4n) is 1.36. The molecule has 1 atom stereocenters. The molecule has 0 saturated heterocycles. The first-order valence-corrected chi connectivity index (χ1v) is 12.7. The molecule has 15 heavy (non-hydrogen) atoms. The van der Waals surface area contributed by atoms with E-state index in [-0.39, 0.29) is 0 Å². The van der Waals surface area contributed by atoms with Crippen LogP contribution in [-0.2, 0) is 8.43 Å². The third-order valence-corrected chi connectivity index (χ3v) is 11.4. The summed E-state index contributed by atoms with van der Waals surface area (Å²) >= 11 is 0. The molecule has 0 amide bonds. The van der Waals surface area contributed by atoms with Gasteiger partial charge in [-0.1, -0.05) is 20.8 Å². The Morgan fingerprint density at radius 3 is 1.60 bits per heavy atom. The molecule has 0 aromatic rings. The van der Waals surface area contributed by atoms with Gasteiger partial charge >= 0.3 is 8.60 Å². The Labute approximate surface area is 97.4 Å². The maximum absolute atomic E-state index is 9.80. The molecule has 3 nitrogen and oxygen atoms in total. The van der Waals surface area contributed by atoms with E-state index in [1.54, 1.807) is 0 Å². The summed E-state index contributed by atoms with van der Waals surface area (Å²) in [6, 6.07) is 3.15. The van der Waals surface area contributed by atoms with Gasteiger partial charge in [0.2, 0.25) is 8.32 Å². The summed E-state index contributed by atoms with van der Waals surface area (Å²) < 4.78 is 11.4. The molecule has 0 aliphatic rings. The summed E-state index contributed by atoms with van der Waals surface area (Å²) in [5.41, 5.74) is 0. The van der Waals surface area contributed by atoms with Crippen molar-refractivity contribution < 1.29 is 13.3 Å². The van der Waals surface area contributed by atoms with Crippen LogP contribution in [0.4, 0.5) is 0 Å². The Bertz CT molecular complexity index is 172.